The minimum atomic E-state index is -1.10. The predicted molar refractivity (Wildman–Crippen MR) is 80.8 cm³/mol. The molecular formula is C16H22N2O3. The predicted octanol–water partition coefficient (Wildman–Crippen LogP) is 1.90. The number of ether oxygens (including phenoxy) is 1. The second-order valence-corrected chi connectivity index (χ2v) is 5.77. The van der Waals surface area contributed by atoms with E-state index in [9.17, 15) is 4.79 Å². The van der Waals surface area contributed by atoms with Crippen LogP contribution in [-0.4, -0.2) is 30.4 Å². The van der Waals surface area contributed by atoms with Gasteiger partial charge in [-0.15, -0.1) is 0 Å². The van der Waals surface area contributed by atoms with Gasteiger partial charge in [0.05, 0.1) is 12.8 Å². The highest BCUT2D eigenvalue weighted by Crippen LogP contribution is 2.31. The van der Waals surface area contributed by atoms with Gasteiger partial charge in [-0.1, -0.05) is 49.3 Å². The summed E-state index contributed by atoms with van der Waals surface area (Å²) in [6, 6.07) is 9.48. The zero-order valence-corrected chi connectivity index (χ0v) is 12.7. The van der Waals surface area contributed by atoms with E-state index >= 15 is 0 Å². The number of rotatable bonds is 5. The molecule has 2 N–H and O–H groups in total. The first-order valence-corrected chi connectivity index (χ1v) is 7.11. The number of methoxy groups -OCH3 is 1. The van der Waals surface area contributed by atoms with Crippen LogP contribution in [0.3, 0.4) is 0 Å². The zero-order valence-electron chi connectivity index (χ0n) is 12.7. The van der Waals surface area contributed by atoms with Gasteiger partial charge in [-0.2, -0.15) is 0 Å². The number of hydrogen-bond acceptors (Lipinski definition) is 5. The van der Waals surface area contributed by atoms with Crippen LogP contribution in [0.4, 0.5) is 0 Å². The second-order valence-electron chi connectivity index (χ2n) is 5.77. The summed E-state index contributed by atoms with van der Waals surface area (Å²) in [7, 11) is 1.36. The molecule has 0 fully saturated rings. The van der Waals surface area contributed by atoms with Crippen LogP contribution in [0.5, 0.6) is 0 Å². The fourth-order valence-electron chi connectivity index (χ4n) is 2.45. The molecule has 0 radical (unpaired) electrons. The third-order valence-corrected chi connectivity index (χ3v) is 3.80. The molecule has 0 bridgehead atoms. The molecular weight excluding hydrogens is 268 g/mol. The van der Waals surface area contributed by atoms with E-state index in [1.165, 1.54) is 7.11 Å². The highest BCUT2D eigenvalue weighted by Gasteiger charge is 2.49. The molecule has 5 nitrogen and oxygen atoms in total. The highest BCUT2D eigenvalue weighted by atomic mass is 16.7. The van der Waals surface area contributed by atoms with Gasteiger partial charge in [-0.3, -0.25) is 0 Å². The van der Waals surface area contributed by atoms with Gasteiger partial charge in [0.15, 0.2) is 0 Å². The molecule has 1 aliphatic rings. The number of carbonyl (C=O) groups is 1. The summed E-state index contributed by atoms with van der Waals surface area (Å²) in [6.07, 6.45) is 0.784. The molecule has 1 aliphatic heterocycles. The zero-order chi connectivity index (χ0) is 15.5. The fourth-order valence-corrected chi connectivity index (χ4v) is 2.45. The Morgan fingerprint density at radius 1 is 1.43 bits per heavy atom. The molecule has 114 valence electrons. The van der Waals surface area contributed by atoms with Crippen LogP contribution in [0.15, 0.2) is 35.5 Å². The maximum atomic E-state index is 12.2. The summed E-state index contributed by atoms with van der Waals surface area (Å²) >= 11 is 0. The van der Waals surface area contributed by atoms with Gasteiger partial charge < -0.3 is 15.3 Å². The average molecular weight is 290 g/mol. The van der Waals surface area contributed by atoms with Gasteiger partial charge in [-0.05, 0) is 11.5 Å². The summed E-state index contributed by atoms with van der Waals surface area (Å²) in [6.45, 7) is 4.03. The Bertz CT molecular complexity index is 528. The van der Waals surface area contributed by atoms with Crippen LogP contribution in [0.25, 0.3) is 0 Å². The molecule has 5 heteroatoms. The van der Waals surface area contributed by atoms with Crippen molar-refractivity contribution in [3.05, 3.63) is 35.9 Å². The van der Waals surface area contributed by atoms with Crippen LogP contribution >= 0.6 is 0 Å². The number of benzene rings is 1. The number of nitrogens with two attached hydrogens (primary N) is 1. The van der Waals surface area contributed by atoms with Gasteiger partial charge in [-0.25, -0.2) is 4.79 Å². The fraction of sp³-hybridized carbons (Fsp3) is 0.500. The van der Waals surface area contributed by atoms with Crippen LogP contribution in [-0.2, 0) is 20.8 Å². The molecule has 1 aromatic rings. The third kappa shape index (κ3) is 3.24. The quantitative estimate of drug-likeness (QED) is 0.841. The van der Waals surface area contributed by atoms with E-state index in [0.717, 1.165) is 5.56 Å². The lowest BCUT2D eigenvalue weighted by atomic mass is 9.86. The lowest BCUT2D eigenvalue weighted by molar-refractivity contribution is -0.166. The van der Waals surface area contributed by atoms with Gasteiger partial charge in [0, 0.05) is 18.9 Å². The van der Waals surface area contributed by atoms with E-state index in [4.69, 9.17) is 15.3 Å². The minimum absolute atomic E-state index is 0.215. The standard InChI is InChI=1S/C16H22N2O3/c1-11(2)14(17)13-10-16(21-18-13,15(19)20-3)9-12-7-5-4-6-8-12/h4-8,11,14H,9-10,17H2,1-3H3/t14-,16?/m0/s1. The van der Waals surface area contributed by atoms with Crippen LogP contribution in [0.2, 0.25) is 0 Å². The number of nitrogens with zero attached hydrogens (tertiary/aromatic N) is 1. The van der Waals surface area contributed by atoms with Gasteiger partial charge >= 0.3 is 5.97 Å². The van der Waals surface area contributed by atoms with Crippen molar-refractivity contribution in [1.29, 1.82) is 0 Å². The molecule has 1 heterocycles. The maximum Gasteiger partial charge on any atom is 0.353 e. The van der Waals surface area contributed by atoms with Crippen molar-refractivity contribution < 1.29 is 14.4 Å². The second kappa shape index (κ2) is 6.26. The Kier molecular flexibility index (Phi) is 4.63. The van der Waals surface area contributed by atoms with E-state index in [0.29, 0.717) is 18.6 Å². The monoisotopic (exact) mass is 290 g/mol. The molecule has 0 aliphatic carbocycles. The van der Waals surface area contributed by atoms with Crippen molar-refractivity contribution in [2.45, 2.75) is 38.3 Å². The summed E-state index contributed by atoms with van der Waals surface area (Å²) in [5.41, 5.74) is 6.73. The van der Waals surface area contributed by atoms with E-state index in [-0.39, 0.29) is 12.0 Å². The summed E-state index contributed by atoms with van der Waals surface area (Å²) < 4.78 is 4.92. The molecule has 0 saturated heterocycles. The van der Waals surface area contributed by atoms with Crippen molar-refractivity contribution in [3.63, 3.8) is 0 Å². The first-order valence-electron chi connectivity index (χ1n) is 7.11. The molecule has 1 aromatic carbocycles. The summed E-state index contributed by atoms with van der Waals surface area (Å²) in [5.74, 6) is -0.182. The first kappa shape index (κ1) is 15.5. The van der Waals surface area contributed by atoms with Crippen LogP contribution in [0, 0.1) is 5.92 Å². The normalized spacial score (nSPS) is 22.6. The molecule has 2 atom stereocenters. The van der Waals surface area contributed by atoms with Crippen molar-refractivity contribution >= 4 is 11.7 Å². The molecule has 21 heavy (non-hydrogen) atoms. The topological polar surface area (TPSA) is 73.9 Å². The molecule has 1 unspecified atom stereocenters. The van der Waals surface area contributed by atoms with Crippen molar-refractivity contribution in [1.82, 2.24) is 0 Å². The Labute approximate surface area is 125 Å². The van der Waals surface area contributed by atoms with Crippen molar-refractivity contribution in [2.75, 3.05) is 7.11 Å². The lowest BCUT2D eigenvalue weighted by Gasteiger charge is -2.24. The largest absolute Gasteiger partial charge is 0.466 e. The molecule has 0 spiro atoms. The van der Waals surface area contributed by atoms with E-state index in [1.54, 1.807) is 0 Å². The summed E-state index contributed by atoms with van der Waals surface area (Å²) in [4.78, 5) is 17.7. The van der Waals surface area contributed by atoms with Gasteiger partial charge in [0.25, 0.3) is 0 Å². The SMILES string of the molecule is COC(=O)C1(Cc2ccccc2)CC([C@@H](N)C(C)C)=NO1. The van der Waals surface area contributed by atoms with Gasteiger partial charge in [0.1, 0.15) is 0 Å². The van der Waals surface area contributed by atoms with Crippen molar-refractivity contribution in [3.8, 4) is 0 Å². The number of hydrogen-bond donors (Lipinski definition) is 1. The average Bonchev–Trinajstić information content (AvgIpc) is 2.91. The van der Waals surface area contributed by atoms with Gasteiger partial charge in [0.2, 0.25) is 5.60 Å². The minimum Gasteiger partial charge on any atom is -0.466 e. The van der Waals surface area contributed by atoms with E-state index in [1.807, 2.05) is 44.2 Å². The van der Waals surface area contributed by atoms with Crippen molar-refractivity contribution in [2.24, 2.45) is 16.8 Å². The van der Waals surface area contributed by atoms with Crippen LogP contribution < -0.4 is 5.73 Å². The van der Waals surface area contributed by atoms with E-state index in [2.05, 4.69) is 5.16 Å². The first-order chi connectivity index (χ1) is 9.98. The summed E-state index contributed by atoms with van der Waals surface area (Å²) in [5, 5.41) is 4.07. The molecule has 2 rings (SSSR count). The maximum absolute atomic E-state index is 12.2. The Hall–Kier alpha value is -1.88. The molecule has 0 amide bonds. The lowest BCUT2D eigenvalue weighted by Crippen LogP contribution is -2.44. The molecule has 0 aromatic heterocycles. The Morgan fingerprint density at radius 2 is 2.10 bits per heavy atom. The third-order valence-electron chi connectivity index (χ3n) is 3.80. The molecule has 0 saturated carbocycles. The highest BCUT2D eigenvalue weighted by molar-refractivity contribution is 5.97. The number of oxime groups is 1. The Balaban J connectivity index is 2.20. The number of carbonyl (C=O) groups excluding carboxylic acids is 1. The number of esters is 1. The Morgan fingerprint density at radius 3 is 2.67 bits per heavy atom. The smallest absolute Gasteiger partial charge is 0.353 e. The van der Waals surface area contributed by atoms with E-state index < -0.39 is 11.6 Å². The van der Waals surface area contributed by atoms with Crippen LogP contribution in [0.1, 0.15) is 25.8 Å².